The number of hydrogen-bond donors (Lipinski definition) is 5. The number of nitrogens with two attached hydrogens (primary N) is 1. The van der Waals surface area contributed by atoms with Gasteiger partial charge in [0.1, 0.15) is 17.8 Å². The largest absolute Gasteiger partial charge is 0.508 e. The molecule has 0 bridgehead atoms. The number of amides is 2. The first-order valence-electron chi connectivity index (χ1n) is 11.3. The summed E-state index contributed by atoms with van der Waals surface area (Å²) in [4.78, 5) is 42.6. The van der Waals surface area contributed by atoms with Gasteiger partial charge in [-0.05, 0) is 48.6 Å². The Balaban J connectivity index is 1.55. The second kappa shape index (κ2) is 9.96. The van der Waals surface area contributed by atoms with Gasteiger partial charge in [-0.3, -0.25) is 9.59 Å². The Bertz CT molecular complexity index is 1190. The number of rotatable bonds is 8. The molecule has 0 aliphatic carbocycles. The van der Waals surface area contributed by atoms with Gasteiger partial charge < -0.3 is 31.1 Å². The molecule has 9 heteroatoms. The summed E-state index contributed by atoms with van der Waals surface area (Å²) in [5.74, 6) is -1.87. The highest BCUT2D eigenvalue weighted by atomic mass is 16.4. The van der Waals surface area contributed by atoms with Crippen LogP contribution in [0, 0.1) is 0 Å². The lowest BCUT2D eigenvalue weighted by Gasteiger charge is -2.28. The van der Waals surface area contributed by atoms with Crippen LogP contribution >= 0.6 is 0 Å². The molecule has 3 unspecified atom stereocenters. The molecule has 178 valence electrons. The van der Waals surface area contributed by atoms with Gasteiger partial charge in [0.05, 0.1) is 6.04 Å². The molecule has 2 aromatic carbocycles. The van der Waals surface area contributed by atoms with E-state index in [0.717, 1.165) is 22.0 Å². The highest BCUT2D eigenvalue weighted by molar-refractivity contribution is 5.93. The van der Waals surface area contributed by atoms with Crippen molar-refractivity contribution < 1.29 is 24.6 Å². The highest BCUT2D eigenvalue weighted by Crippen LogP contribution is 2.23. The van der Waals surface area contributed by atoms with Crippen molar-refractivity contribution in [1.29, 1.82) is 0 Å². The van der Waals surface area contributed by atoms with Gasteiger partial charge in [-0.1, -0.05) is 30.3 Å². The van der Waals surface area contributed by atoms with Gasteiger partial charge in [0.2, 0.25) is 11.8 Å². The number of fused-ring (bicyclic) bond motifs is 1. The monoisotopic (exact) mass is 464 g/mol. The van der Waals surface area contributed by atoms with Crippen molar-refractivity contribution >= 4 is 28.7 Å². The van der Waals surface area contributed by atoms with E-state index in [9.17, 15) is 24.6 Å². The number of carbonyl (C=O) groups is 3. The zero-order valence-corrected chi connectivity index (χ0v) is 18.6. The van der Waals surface area contributed by atoms with Gasteiger partial charge in [0.15, 0.2) is 0 Å². The zero-order valence-electron chi connectivity index (χ0n) is 18.6. The van der Waals surface area contributed by atoms with Crippen molar-refractivity contribution in [2.45, 2.75) is 43.8 Å². The normalized spacial score (nSPS) is 17.4. The molecule has 1 aromatic heterocycles. The Morgan fingerprint density at radius 1 is 1.12 bits per heavy atom. The molecule has 1 aliphatic rings. The molecule has 3 atom stereocenters. The summed E-state index contributed by atoms with van der Waals surface area (Å²) in [6.07, 6.45) is 3.20. The third-order valence-corrected chi connectivity index (χ3v) is 6.26. The number of benzene rings is 2. The van der Waals surface area contributed by atoms with Crippen molar-refractivity contribution in [2.24, 2.45) is 5.73 Å². The summed E-state index contributed by atoms with van der Waals surface area (Å²) in [5, 5.41) is 22.7. The average Bonchev–Trinajstić information content (AvgIpc) is 3.47. The molecule has 0 spiro atoms. The third kappa shape index (κ3) is 5.04. The van der Waals surface area contributed by atoms with Gasteiger partial charge in [-0.25, -0.2) is 4.79 Å². The first-order valence-corrected chi connectivity index (χ1v) is 11.3. The Morgan fingerprint density at radius 3 is 2.59 bits per heavy atom. The van der Waals surface area contributed by atoms with E-state index in [2.05, 4.69) is 10.3 Å². The van der Waals surface area contributed by atoms with E-state index in [1.165, 1.54) is 17.0 Å². The van der Waals surface area contributed by atoms with Crippen LogP contribution in [0.3, 0.4) is 0 Å². The summed E-state index contributed by atoms with van der Waals surface area (Å²) in [5.41, 5.74) is 8.64. The lowest BCUT2D eigenvalue weighted by Crippen LogP contribution is -2.55. The van der Waals surface area contributed by atoms with E-state index in [-0.39, 0.29) is 18.6 Å². The van der Waals surface area contributed by atoms with Crippen LogP contribution in [0.2, 0.25) is 0 Å². The summed E-state index contributed by atoms with van der Waals surface area (Å²) >= 11 is 0. The number of aromatic nitrogens is 1. The molecule has 3 aromatic rings. The molecule has 1 aliphatic heterocycles. The quantitative estimate of drug-likeness (QED) is 0.341. The number of hydrogen-bond acceptors (Lipinski definition) is 5. The van der Waals surface area contributed by atoms with E-state index in [1.54, 1.807) is 18.3 Å². The van der Waals surface area contributed by atoms with Crippen LogP contribution in [0.25, 0.3) is 10.9 Å². The smallest absolute Gasteiger partial charge is 0.326 e. The number of para-hydroxylation sites is 1. The highest BCUT2D eigenvalue weighted by Gasteiger charge is 2.38. The number of nitrogens with one attached hydrogen (secondary N) is 2. The molecule has 9 nitrogen and oxygen atoms in total. The van der Waals surface area contributed by atoms with Gasteiger partial charge in [0.25, 0.3) is 0 Å². The number of aromatic amines is 1. The van der Waals surface area contributed by atoms with Crippen LogP contribution in [0.5, 0.6) is 5.75 Å². The van der Waals surface area contributed by atoms with Crippen LogP contribution in [0.1, 0.15) is 24.0 Å². The molecular weight excluding hydrogens is 436 g/mol. The minimum atomic E-state index is -1.05. The maximum absolute atomic E-state index is 13.4. The van der Waals surface area contributed by atoms with Crippen LogP contribution in [0.15, 0.2) is 54.7 Å². The minimum absolute atomic E-state index is 0.116. The number of carbonyl (C=O) groups excluding carboxylic acids is 2. The molecule has 6 N–H and O–H groups in total. The van der Waals surface area contributed by atoms with Gasteiger partial charge in [-0.2, -0.15) is 0 Å². The maximum atomic E-state index is 13.4. The van der Waals surface area contributed by atoms with Crippen LogP contribution in [-0.2, 0) is 27.2 Å². The standard InChI is InChI=1S/C25H28N4O5/c26-19(12-15-7-9-17(30)10-8-15)23(31)28-21(24(32)29-11-3-6-22(29)25(33)34)13-16-14-27-20-5-2-1-4-18(16)20/h1-2,4-5,7-10,14,19,21-22,27,30H,3,6,11-13,26H2,(H,28,31)(H,33,34). The molecule has 0 saturated carbocycles. The number of aliphatic carboxylic acids is 1. The fourth-order valence-electron chi connectivity index (χ4n) is 4.47. The molecule has 34 heavy (non-hydrogen) atoms. The Morgan fingerprint density at radius 2 is 1.85 bits per heavy atom. The van der Waals surface area contributed by atoms with Crippen molar-refractivity contribution in [1.82, 2.24) is 15.2 Å². The molecule has 1 fully saturated rings. The average molecular weight is 465 g/mol. The van der Waals surface area contributed by atoms with Crippen LogP contribution in [0.4, 0.5) is 0 Å². The molecular formula is C25H28N4O5. The van der Waals surface area contributed by atoms with E-state index in [4.69, 9.17) is 5.73 Å². The van der Waals surface area contributed by atoms with E-state index >= 15 is 0 Å². The first-order chi connectivity index (χ1) is 16.3. The fraction of sp³-hybridized carbons (Fsp3) is 0.320. The predicted molar refractivity (Wildman–Crippen MR) is 126 cm³/mol. The lowest BCUT2D eigenvalue weighted by molar-refractivity contribution is -0.149. The van der Waals surface area contributed by atoms with Gasteiger partial charge in [-0.15, -0.1) is 0 Å². The zero-order chi connectivity index (χ0) is 24.2. The number of phenolic OH excluding ortho intramolecular Hbond substituents is 1. The second-order valence-electron chi connectivity index (χ2n) is 8.63. The predicted octanol–water partition coefficient (Wildman–Crippen LogP) is 1.55. The van der Waals surface area contributed by atoms with Crippen molar-refractivity contribution in [3.05, 3.63) is 65.9 Å². The SMILES string of the molecule is NC(Cc1ccc(O)cc1)C(=O)NC(Cc1c[nH]c2ccccc12)C(=O)N1CCCC1C(=O)O. The minimum Gasteiger partial charge on any atom is -0.508 e. The number of carboxylic acid groups (broad SMARTS) is 1. The number of H-pyrrole nitrogens is 1. The number of likely N-dealkylation sites (tertiary alicyclic amines) is 1. The third-order valence-electron chi connectivity index (χ3n) is 6.26. The summed E-state index contributed by atoms with van der Waals surface area (Å²) in [6, 6.07) is 11.2. The molecule has 1 saturated heterocycles. The molecule has 2 heterocycles. The number of phenols is 1. The number of aromatic hydroxyl groups is 1. The number of carboxylic acids is 1. The molecule has 0 radical (unpaired) electrons. The van der Waals surface area contributed by atoms with Crippen LogP contribution < -0.4 is 11.1 Å². The van der Waals surface area contributed by atoms with E-state index < -0.39 is 35.9 Å². The first kappa shape index (κ1) is 23.3. The lowest BCUT2D eigenvalue weighted by atomic mass is 10.0. The summed E-state index contributed by atoms with van der Waals surface area (Å²) < 4.78 is 0. The van der Waals surface area contributed by atoms with Crippen molar-refractivity contribution in [3.8, 4) is 5.75 Å². The Labute approximate surface area is 196 Å². The summed E-state index contributed by atoms with van der Waals surface area (Å²) in [6.45, 7) is 0.329. The molecule has 4 rings (SSSR count). The van der Waals surface area contributed by atoms with Crippen LogP contribution in [-0.4, -0.2) is 62.6 Å². The van der Waals surface area contributed by atoms with E-state index in [1.807, 2.05) is 24.3 Å². The summed E-state index contributed by atoms with van der Waals surface area (Å²) in [7, 11) is 0. The topological polar surface area (TPSA) is 149 Å². The second-order valence-corrected chi connectivity index (χ2v) is 8.63. The van der Waals surface area contributed by atoms with Crippen molar-refractivity contribution in [2.75, 3.05) is 6.54 Å². The number of nitrogens with zero attached hydrogens (tertiary/aromatic N) is 1. The van der Waals surface area contributed by atoms with Crippen molar-refractivity contribution in [3.63, 3.8) is 0 Å². The maximum Gasteiger partial charge on any atom is 0.326 e. The fourth-order valence-corrected chi connectivity index (χ4v) is 4.47. The van der Waals surface area contributed by atoms with Gasteiger partial charge >= 0.3 is 5.97 Å². The van der Waals surface area contributed by atoms with E-state index in [0.29, 0.717) is 19.4 Å². The Kier molecular flexibility index (Phi) is 6.83. The molecule has 2 amide bonds. The Hall–Kier alpha value is -3.85. The van der Waals surface area contributed by atoms with Gasteiger partial charge in [0, 0.05) is 30.1 Å².